The smallest absolute Gasteiger partial charge is 0.330 e. The molecule has 0 saturated carbocycles. The van der Waals surface area contributed by atoms with Gasteiger partial charge in [0.05, 0.1) is 12.6 Å². The molecule has 9 nitrogen and oxygen atoms in total. The third-order valence-electron chi connectivity index (χ3n) is 3.42. The minimum Gasteiger partial charge on any atom is -0.394 e. The number of nitrogens with zero attached hydrogens (tertiary/aromatic N) is 1. The van der Waals surface area contributed by atoms with Crippen LogP contribution in [0.4, 0.5) is 4.79 Å². The molecule has 2 amide bonds. The van der Waals surface area contributed by atoms with Crippen LogP contribution in [-0.2, 0) is 4.74 Å². The second-order valence-corrected chi connectivity index (χ2v) is 4.86. The number of carbonyl (C=O) groups excluding carboxylic acids is 1. The van der Waals surface area contributed by atoms with E-state index < -0.39 is 35.7 Å². The molecule has 0 unspecified atom stereocenters. The Labute approximate surface area is 119 Å². The van der Waals surface area contributed by atoms with Crippen LogP contribution in [0.25, 0.3) is 0 Å². The highest BCUT2D eigenvalue weighted by molar-refractivity contribution is 5.73. The fraction of sp³-hybridized carbons (Fsp3) is 0.583. The molecule has 1 aromatic rings. The third-order valence-corrected chi connectivity index (χ3v) is 3.42. The molecule has 1 fully saturated rings. The zero-order valence-corrected chi connectivity index (χ0v) is 11.8. The van der Waals surface area contributed by atoms with Crippen molar-refractivity contribution in [3.8, 4) is 0 Å². The highest BCUT2D eigenvalue weighted by atomic mass is 16.5. The van der Waals surface area contributed by atoms with E-state index in [1.165, 1.54) is 17.8 Å². The van der Waals surface area contributed by atoms with Gasteiger partial charge in [0, 0.05) is 25.2 Å². The predicted molar refractivity (Wildman–Crippen MR) is 73.1 cm³/mol. The van der Waals surface area contributed by atoms with Crippen LogP contribution < -0.4 is 21.9 Å². The van der Waals surface area contributed by atoms with E-state index in [1.54, 1.807) is 6.92 Å². The number of urea groups is 1. The van der Waals surface area contributed by atoms with E-state index in [-0.39, 0.29) is 6.61 Å². The van der Waals surface area contributed by atoms with E-state index in [4.69, 9.17) is 4.74 Å². The Balaban J connectivity index is 2.23. The SMILES string of the molecule is CNC(=O)N[C@H]1C[C@H](n2cc(C)c(=O)[nH]c2=O)O[C@@H]1CO. The van der Waals surface area contributed by atoms with Gasteiger partial charge in [-0.1, -0.05) is 0 Å². The first-order chi connectivity index (χ1) is 9.96. The van der Waals surface area contributed by atoms with Gasteiger partial charge in [-0.25, -0.2) is 9.59 Å². The number of aliphatic hydroxyl groups excluding tert-OH is 1. The second-order valence-electron chi connectivity index (χ2n) is 4.86. The molecular weight excluding hydrogens is 280 g/mol. The van der Waals surface area contributed by atoms with Crippen LogP contribution in [0.5, 0.6) is 0 Å². The van der Waals surface area contributed by atoms with Crippen LogP contribution in [0.2, 0.25) is 0 Å². The fourth-order valence-electron chi connectivity index (χ4n) is 2.26. The van der Waals surface area contributed by atoms with Crippen molar-refractivity contribution in [1.82, 2.24) is 20.2 Å². The molecule has 2 rings (SSSR count). The number of rotatable bonds is 3. The van der Waals surface area contributed by atoms with Crippen molar-refractivity contribution >= 4 is 6.03 Å². The van der Waals surface area contributed by atoms with Crippen LogP contribution in [0.1, 0.15) is 18.2 Å². The lowest BCUT2D eigenvalue weighted by Crippen LogP contribution is -2.45. The summed E-state index contributed by atoms with van der Waals surface area (Å²) >= 11 is 0. The molecule has 0 radical (unpaired) electrons. The third kappa shape index (κ3) is 3.14. The average molecular weight is 298 g/mol. The lowest BCUT2D eigenvalue weighted by Gasteiger charge is -2.16. The summed E-state index contributed by atoms with van der Waals surface area (Å²) in [7, 11) is 1.48. The van der Waals surface area contributed by atoms with E-state index in [0.717, 1.165) is 0 Å². The molecule has 9 heteroatoms. The van der Waals surface area contributed by atoms with E-state index in [2.05, 4.69) is 15.6 Å². The predicted octanol–water partition coefficient (Wildman–Crippen LogP) is -1.58. The summed E-state index contributed by atoms with van der Waals surface area (Å²) in [5.74, 6) is 0. The first kappa shape index (κ1) is 15.3. The monoisotopic (exact) mass is 298 g/mol. The van der Waals surface area contributed by atoms with Crippen molar-refractivity contribution in [1.29, 1.82) is 0 Å². The Morgan fingerprint density at radius 1 is 1.57 bits per heavy atom. The van der Waals surface area contributed by atoms with Gasteiger partial charge in [0.1, 0.15) is 12.3 Å². The first-order valence-corrected chi connectivity index (χ1v) is 6.53. The average Bonchev–Trinajstić information content (AvgIpc) is 2.85. The van der Waals surface area contributed by atoms with Gasteiger partial charge in [-0.05, 0) is 6.92 Å². The molecule has 4 N–H and O–H groups in total. The number of aliphatic hydroxyl groups is 1. The lowest BCUT2D eigenvalue weighted by atomic mass is 10.1. The highest BCUT2D eigenvalue weighted by Gasteiger charge is 2.37. The fourth-order valence-corrected chi connectivity index (χ4v) is 2.26. The minimum absolute atomic E-state index is 0.289. The number of H-pyrrole nitrogens is 1. The molecule has 1 aromatic heterocycles. The van der Waals surface area contributed by atoms with E-state index in [9.17, 15) is 19.5 Å². The van der Waals surface area contributed by atoms with Gasteiger partial charge in [0.2, 0.25) is 0 Å². The molecule has 0 spiro atoms. The standard InChI is InChI=1S/C12H18N4O5/c1-6-4-16(12(20)15-10(6)18)9-3-7(8(5-17)21-9)14-11(19)13-2/h4,7-9,17H,3,5H2,1-2H3,(H2,13,14,19)(H,15,18,20)/t7-,8+,9+/m0/s1. The number of ether oxygens (including phenoxy) is 1. The van der Waals surface area contributed by atoms with Gasteiger partial charge in [0.25, 0.3) is 5.56 Å². The quantitative estimate of drug-likeness (QED) is 0.536. The summed E-state index contributed by atoms with van der Waals surface area (Å²) in [6.07, 6.45) is 0.436. The Bertz CT molecular complexity index is 637. The second kappa shape index (κ2) is 6.10. The summed E-state index contributed by atoms with van der Waals surface area (Å²) < 4.78 is 6.83. The highest BCUT2D eigenvalue weighted by Crippen LogP contribution is 2.27. The Kier molecular flexibility index (Phi) is 4.43. The number of aryl methyl sites for hydroxylation is 1. The Morgan fingerprint density at radius 3 is 2.90 bits per heavy atom. The summed E-state index contributed by atoms with van der Waals surface area (Å²) in [5.41, 5.74) is -0.665. The van der Waals surface area contributed by atoms with Crippen molar-refractivity contribution in [3.63, 3.8) is 0 Å². The number of hydrogen-bond donors (Lipinski definition) is 4. The number of hydrogen-bond acceptors (Lipinski definition) is 5. The number of carbonyl (C=O) groups is 1. The van der Waals surface area contributed by atoms with E-state index in [0.29, 0.717) is 12.0 Å². The zero-order chi connectivity index (χ0) is 15.6. The summed E-state index contributed by atoms with van der Waals surface area (Å²) in [5, 5.41) is 14.4. The largest absolute Gasteiger partial charge is 0.394 e. The molecule has 1 aliphatic heterocycles. The Hall–Kier alpha value is -2.13. The molecule has 116 valence electrons. The van der Waals surface area contributed by atoms with Gasteiger partial charge in [-0.3, -0.25) is 14.3 Å². The molecule has 3 atom stereocenters. The van der Waals surface area contributed by atoms with Crippen LogP contribution in [0, 0.1) is 6.92 Å². The van der Waals surface area contributed by atoms with Crippen molar-refractivity contribution in [2.24, 2.45) is 0 Å². The van der Waals surface area contributed by atoms with Crippen molar-refractivity contribution < 1.29 is 14.6 Å². The van der Waals surface area contributed by atoms with Gasteiger partial charge >= 0.3 is 11.7 Å². The summed E-state index contributed by atoms with van der Waals surface area (Å²) in [6, 6.07) is -0.827. The summed E-state index contributed by atoms with van der Waals surface area (Å²) in [6.45, 7) is 1.29. The molecule has 21 heavy (non-hydrogen) atoms. The van der Waals surface area contributed by atoms with Gasteiger partial charge in [-0.15, -0.1) is 0 Å². The maximum atomic E-state index is 11.8. The molecule has 0 aliphatic carbocycles. The summed E-state index contributed by atoms with van der Waals surface area (Å²) in [4.78, 5) is 36.7. The maximum Gasteiger partial charge on any atom is 0.330 e. The molecule has 1 aliphatic rings. The number of nitrogens with one attached hydrogen (secondary N) is 3. The molecule has 0 bridgehead atoms. The topological polar surface area (TPSA) is 125 Å². The van der Waals surface area contributed by atoms with Crippen LogP contribution in [0.15, 0.2) is 15.8 Å². The van der Waals surface area contributed by atoms with Gasteiger partial charge in [-0.2, -0.15) is 0 Å². The number of amides is 2. The van der Waals surface area contributed by atoms with Crippen LogP contribution in [0.3, 0.4) is 0 Å². The molecule has 2 heterocycles. The van der Waals surface area contributed by atoms with E-state index in [1.807, 2.05) is 0 Å². The lowest BCUT2D eigenvalue weighted by molar-refractivity contribution is -0.0285. The minimum atomic E-state index is -0.660. The first-order valence-electron chi connectivity index (χ1n) is 6.53. The van der Waals surface area contributed by atoms with Crippen LogP contribution in [-0.4, -0.2) is 46.5 Å². The molecule has 0 aromatic carbocycles. The Morgan fingerprint density at radius 2 is 2.29 bits per heavy atom. The van der Waals surface area contributed by atoms with Gasteiger partial charge in [0.15, 0.2) is 0 Å². The van der Waals surface area contributed by atoms with Crippen molar-refractivity contribution in [3.05, 3.63) is 32.6 Å². The number of aromatic amines is 1. The van der Waals surface area contributed by atoms with Gasteiger partial charge < -0.3 is 20.5 Å². The number of aromatic nitrogens is 2. The van der Waals surface area contributed by atoms with Crippen LogP contribution >= 0.6 is 0 Å². The van der Waals surface area contributed by atoms with Crippen molar-refractivity contribution in [2.45, 2.75) is 31.7 Å². The van der Waals surface area contributed by atoms with Crippen molar-refractivity contribution in [2.75, 3.05) is 13.7 Å². The maximum absolute atomic E-state index is 11.8. The molecule has 1 saturated heterocycles. The zero-order valence-electron chi connectivity index (χ0n) is 11.8. The normalized spacial score (nSPS) is 24.8. The van der Waals surface area contributed by atoms with E-state index >= 15 is 0 Å². The molecular formula is C12H18N4O5.